The Bertz CT molecular complexity index is 1540. The van der Waals surface area contributed by atoms with Gasteiger partial charge in [0.2, 0.25) is 5.95 Å². The fourth-order valence-corrected chi connectivity index (χ4v) is 4.77. The Hall–Kier alpha value is -3.66. The molecule has 0 aliphatic heterocycles. The summed E-state index contributed by atoms with van der Waals surface area (Å²) in [4.78, 5) is 16.9. The second-order valence-corrected chi connectivity index (χ2v) is 9.15. The van der Waals surface area contributed by atoms with Crippen molar-refractivity contribution in [3.8, 4) is 17.1 Å². The molecule has 1 aliphatic rings. The van der Waals surface area contributed by atoms with E-state index in [1.807, 2.05) is 18.3 Å². The van der Waals surface area contributed by atoms with Gasteiger partial charge in [0.1, 0.15) is 11.6 Å². The van der Waals surface area contributed by atoms with Crippen molar-refractivity contribution in [2.45, 2.75) is 45.1 Å². The quantitative estimate of drug-likeness (QED) is 0.336. The van der Waals surface area contributed by atoms with Crippen LogP contribution in [0.2, 0.25) is 0 Å². The van der Waals surface area contributed by atoms with Gasteiger partial charge in [-0.1, -0.05) is 13.8 Å². The average Bonchev–Trinajstić information content (AvgIpc) is 3.40. The number of H-pyrrole nitrogens is 1. The smallest absolute Gasteiger partial charge is 0.228 e. The van der Waals surface area contributed by atoms with E-state index in [1.165, 1.54) is 17.3 Å². The van der Waals surface area contributed by atoms with Gasteiger partial charge in [0.25, 0.3) is 0 Å². The molecule has 0 bridgehead atoms. The summed E-state index contributed by atoms with van der Waals surface area (Å²) in [5.41, 5.74) is 5.65. The standard InChI is InChI=1S/C25H24FN7O.H2S/c1-13(2)20-12-28-33-24(20)31-23(14-7-15(26)11-27-10-14)32-25(33)29-16-3-5-21-18(8-16)19-9-17(34)4-6-22(19)30-21;/h4,6-7,9-13,16,30,34H,3,5,8H2,1-2H3,(H,29,31,32);1H2/t16-;/m0./s1. The van der Waals surface area contributed by atoms with E-state index in [1.54, 1.807) is 16.8 Å². The van der Waals surface area contributed by atoms with Crippen molar-refractivity contribution in [2.75, 3.05) is 5.32 Å². The zero-order valence-corrected chi connectivity index (χ0v) is 20.4. The molecule has 0 unspecified atom stereocenters. The fourth-order valence-electron chi connectivity index (χ4n) is 4.77. The summed E-state index contributed by atoms with van der Waals surface area (Å²) in [5, 5.41) is 19.2. The van der Waals surface area contributed by atoms with Crippen LogP contribution in [0.15, 0.2) is 42.9 Å². The third kappa shape index (κ3) is 4.07. The van der Waals surface area contributed by atoms with Crippen LogP contribution in [-0.4, -0.2) is 40.7 Å². The minimum atomic E-state index is -0.435. The largest absolute Gasteiger partial charge is 0.508 e. The second kappa shape index (κ2) is 8.84. The lowest BCUT2D eigenvalue weighted by molar-refractivity contribution is 0.476. The third-order valence-corrected chi connectivity index (χ3v) is 6.49. The average molecular weight is 492 g/mol. The number of aromatic hydroxyl groups is 1. The molecule has 0 radical (unpaired) electrons. The maximum atomic E-state index is 13.9. The fraction of sp³-hybridized carbons (Fsp3) is 0.280. The number of nitrogens with one attached hydrogen (secondary N) is 2. The van der Waals surface area contributed by atoms with Gasteiger partial charge >= 0.3 is 0 Å². The minimum Gasteiger partial charge on any atom is -0.508 e. The number of hydrogen-bond donors (Lipinski definition) is 3. The number of rotatable bonds is 4. The zero-order chi connectivity index (χ0) is 23.4. The number of aromatic amines is 1. The van der Waals surface area contributed by atoms with Gasteiger partial charge in [-0.15, -0.1) is 0 Å². The van der Waals surface area contributed by atoms with E-state index < -0.39 is 5.82 Å². The van der Waals surface area contributed by atoms with Crippen molar-refractivity contribution in [3.05, 3.63) is 65.5 Å². The molecule has 180 valence electrons. The van der Waals surface area contributed by atoms with Gasteiger partial charge in [-0.2, -0.15) is 28.1 Å². The Kier molecular flexibility index (Phi) is 5.84. The van der Waals surface area contributed by atoms with E-state index in [0.717, 1.165) is 41.9 Å². The molecule has 35 heavy (non-hydrogen) atoms. The first-order chi connectivity index (χ1) is 16.5. The number of nitrogens with zero attached hydrogens (tertiary/aromatic N) is 5. The van der Waals surface area contributed by atoms with Crippen LogP contribution in [0.25, 0.3) is 27.9 Å². The van der Waals surface area contributed by atoms with E-state index in [2.05, 4.69) is 34.2 Å². The molecule has 0 saturated heterocycles. The molecule has 0 spiro atoms. The molecule has 5 aromatic rings. The number of phenolic OH excluding ortho intramolecular Hbond substituents is 1. The molecule has 10 heteroatoms. The molecule has 8 nitrogen and oxygen atoms in total. The van der Waals surface area contributed by atoms with Crippen LogP contribution < -0.4 is 5.32 Å². The van der Waals surface area contributed by atoms with Gasteiger partial charge in [0.15, 0.2) is 11.5 Å². The minimum absolute atomic E-state index is 0. The summed E-state index contributed by atoms with van der Waals surface area (Å²) in [6.07, 6.45) is 7.11. The summed E-state index contributed by atoms with van der Waals surface area (Å²) in [7, 11) is 0. The number of anilines is 1. The van der Waals surface area contributed by atoms with Gasteiger partial charge in [-0.3, -0.25) is 4.98 Å². The lowest BCUT2D eigenvalue weighted by Gasteiger charge is -2.24. The molecule has 1 aromatic carbocycles. The highest BCUT2D eigenvalue weighted by molar-refractivity contribution is 7.59. The lowest BCUT2D eigenvalue weighted by atomic mass is 9.91. The molecule has 0 fully saturated rings. The lowest BCUT2D eigenvalue weighted by Crippen LogP contribution is -2.29. The van der Waals surface area contributed by atoms with Gasteiger partial charge in [0, 0.05) is 40.0 Å². The van der Waals surface area contributed by atoms with Crippen molar-refractivity contribution >= 4 is 36.0 Å². The van der Waals surface area contributed by atoms with Crippen molar-refractivity contribution in [1.29, 1.82) is 0 Å². The summed E-state index contributed by atoms with van der Waals surface area (Å²) < 4.78 is 15.6. The van der Waals surface area contributed by atoms with Crippen LogP contribution in [0.3, 0.4) is 0 Å². The Morgan fingerprint density at radius 1 is 1.17 bits per heavy atom. The maximum Gasteiger partial charge on any atom is 0.228 e. The normalized spacial score (nSPS) is 15.4. The van der Waals surface area contributed by atoms with Crippen molar-refractivity contribution < 1.29 is 9.50 Å². The monoisotopic (exact) mass is 491 g/mol. The third-order valence-electron chi connectivity index (χ3n) is 6.49. The molecule has 6 rings (SSSR count). The number of benzene rings is 1. The number of halogens is 1. The van der Waals surface area contributed by atoms with Gasteiger partial charge in [0.05, 0.1) is 12.4 Å². The van der Waals surface area contributed by atoms with Crippen LogP contribution >= 0.6 is 13.5 Å². The summed E-state index contributed by atoms with van der Waals surface area (Å²) in [5.74, 6) is 1.00. The van der Waals surface area contributed by atoms with Crippen LogP contribution in [0.5, 0.6) is 5.75 Å². The highest BCUT2D eigenvalue weighted by Gasteiger charge is 2.25. The molecular formula is C25H26FN7OS. The first kappa shape index (κ1) is 23.1. The molecule has 3 N–H and O–H groups in total. The van der Waals surface area contributed by atoms with E-state index in [9.17, 15) is 9.50 Å². The number of hydrogen-bond acceptors (Lipinski definition) is 6. The van der Waals surface area contributed by atoms with Crippen LogP contribution in [0, 0.1) is 5.82 Å². The van der Waals surface area contributed by atoms with Gasteiger partial charge < -0.3 is 15.4 Å². The first-order valence-electron chi connectivity index (χ1n) is 11.4. The number of aryl methyl sites for hydroxylation is 1. The van der Waals surface area contributed by atoms with E-state index in [4.69, 9.17) is 9.97 Å². The Labute approximate surface area is 208 Å². The van der Waals surface area contributed by atoms with E-state index in [0.29, 0.717) is 23.0 Å². The summed E-state index contributed by atoms with van der Waals surface area (Å²) in [6, 6.07) is 6.92. The summed E-state index contributed by atoms with van der Waals surface area (Å²) >= 11 is 0. The van der Waals surface area contributed by atoms with Gasteiger partial charge in [-0.05, 0) is 55.0 Å². The first-order valence-corrected chi connectivity index (χ1v) is 11.4. The SMILES string of the molecule is CC(C)c1cnn2c(N[C@H]3CCc4[nH]c5ccc(O)cc5c4C3)nc(-c3cncc(F)c3)nc12.S. The number of phenols is 1. The zero-order valence-electron chi connectivity index (χ0n) is 19.4. The number of fused-ring (bicyclic) bond motifs is 4. The Morgan fingerprint density at radius 2 is 2.03 bits per heavy atom. The molecule has 4 aromatic heterocycles. The Balaban J connectivity index is 0.00000253. The van der Waals surface area contributed by atoms with Crippen LogP contribution in [-0.2, 0) is 12.8 Å². The van der Waals surface area contributed by atoms with Crippen LogP contribution in [0.1, 0.15) is 43.0 Å². The summed E-state index contributed by atoms with van der Waals surface area (Å²) in [6.45, 7) is 4.18. The predicted octanol–water partition coefficient (Wildman–Crippen LogP) is 4.72. The maximum absolute atomic E-state index is 13.9. The molecule has 0 amide bonds. The van der Waals surface area contributed by atoms with Crippen molar-refractivity contribution in [2.24, 2.45) is 0 Å². The number of aromatic nitrogens is 6. The molecule has 1 atom stereocenters. The van der Waals surface area contributed by atoms with Gasteiger partial charge in [-0.25, -0.2) is 9.37 Å². The molecule has 1 aliphatic carbocycles. The molecular weight excluding hydrogens is 465 g/mol. The topological polar surface area (TPSA) is 104 Å². The van der Waals surface area contributed by atoms with Crippen molar-refractivity contribution in [1.82, 2.24) is 29.5 Å². The Morgan fingerprint density at radius 3 is 2.83 bits per heavy atom. The second-order valence-electron chi connectivity index (χ2n) is 9.15. The highest BCUT2D eigenvalue weighted by Crippen LogP contribution is 2.33. The number of pyridine rings is 1. The van der Waals surface area contributed by atoms with E-state index in [-0.39, 0.29) is 31.2 Å². The van der Waals surface area contributed by atoms with Crippen molar-refractivity contribution in [3.63, 3.8) is 0 Å². The van der Waals surface area contributed by atoms with Crippen LogP contribution in [0.4, 0.5) is 10.3 Å². The highest BCUT2D eigenvalue weighted by atomic mass is 32.1. The predicted molar refractivity (Wildman–Crippen MR) is 138 cm³/mol. The molecule has 4 heterocycles. The van der Waals surface area contributed by atoms with E-state index >= 15 is 0 Å². The molecule has 0 saturated carbocycles.